The zero-order valence-electron chi connectivity index (χ0n) is 3.48. The van der Waals surface area contributed by atoms with Crippen molar-refractivity contribution in [2.75, 3.05) is 13.2 Å². The first-order valence-corrected chi connectivity index (χ1v) is 1.86. The Labute approximate surface area is 36.7 Å². The van der Waals surface area contributed by atoms with Crippen molar-refractivity contribution in [3.63, 3.8) is 0 Å². The summed E-state index contributed by atoms with van der Waals surface area (Å²) in [6.07, 6.45) is 0. The second-order valence-corrected chi connectivity index (χ2v) is 1.72. The molecule has 2 heteroatoms. The molecule has 0 aromatic carbocycles. The van der Waals surface area contributed by atoms with Crippen molar-refractivity contribution in [2.45, 2.75) is 5.60 Å². The van der Waals surface area contributed by atoms with E-state index >= 15 is 0 Å². The van der Waals surface area contributed by atoms with E-state index in [4.69, 9.17) is 5.11 Å². The lowest BCUT2D eigenvalue weighted by Crippen LogP contribution is -2.46. The number of hydrogen-bond acceptors (Lipinski definition) is 2. The van der Waals surface area contributed by atoms with Gasteiger partial charge >= 0.3 is 0 Å². The maximum Gasteiger partial charge on any atom is 0.111 e. The van der Waals surface area contributed by atoms with E-state index in [2.05, 4.69) is 11.7 Å². The predicted molar refractivity (Wildman–Crippen MR) is 21.1 cm³/mol. The van der Waals surface area contributed by atoms with Gasteiger partial charge in [-0.15, -0.1) is 0 Å². The molecule has 1 aliphatic rings. The summed E-state index contributed by atoms with van der Waals surface area (Å²) in [5.41, 5.74) is -0.750. The Hall–Kier alpha value is -0.0800. The van der Waals surface area contributed by atoms with Gasteiger partial charge in [0.15, 0.2) is 0 Å². The van der Waals surface area contributed by atoms with Gasteiger partial charge in [0, 0.05) is 0 Å². The molecule has 0 bridgehead atoms. The molecule has 0 saturated carbocycles. The normalized spacial score (nSPS) is 29.0. The third-order valence-electron chi connectivity index (χ3n) is 0.741. The molecular formula is C4H7O2. The number of aliphatic hydroxyl groups is 1. The summed E-state index contributed by atoms with van der Waals surface area (Å²) in [5, 5.41) is 8.68. The first kappa shape index (κ1) is 4.09. The van der Waals surface area contributed by atoms with E-state index in [1.807, 2.05) is 0 Å². The summed E-state index contributed by atoms with van der Waals surface area (Å²) < 4.78 is 4.62. The molecule has 1 saturated heterocycles. The average Bonchev–Trinajstić information content (AvgIpc) is 1.32. The van der Waals surface area contributed by atoms with Gasteiger partial charge in [-0.1, -0.05) is 0 Å². The largest absolute Gasteiger partial charge is 0.385 e. The van der Waals surface area contributed by atoms with Crippen LogP contribution in [0.3, 0.4) is 0 Å². The van der Waals surface area contributed by atoms with Crippen LogP contribution in [0.15, 0.2) is 0 Å². The minimum absolute atomic E-state index is 0.396. The van der Waals surface area contributed by atoms with E-state index in [-0.39, 0.29) is 0 Å². The summed E-state index contributed by atoms with van der Waals surface area (Å²) in [6, 6.07) is 0. The lowest BCUT2D eigenvalue weighted by molar-refractivity contribution is -0.149. The molecule has 1 rings (SSSR count). The highest BCUT2D eigenvalue weighted by Crippen LogP contribution is 2.12. The minimum atomic E-state index is -0.750. The molecule has 35 valence electrons. The van der Waals surface area contributed by atoms with Gasteiger partial charge in [-0.2, -0.15) is 0 Å². The van der Waals surface area contributed by atoms with Crippen LogP contribution in [0.4, 0.5) is 0 Å². The highest BCUT2D eigenvalue weighted by atomic mass is 16.5. The summed E-state index contributed by atoms with van der Waals surface area (Å²) in [6.45, 7) is 4.20. The Morgan fingerprint density at radius 3 is 2.00 bits per heavy atom. The summed E-state index contributed by atoms with van der Waals surface area (Å²) in [7, 11) is 0. The molecule has 0 atom stereocenters. The fraction of sp³-hybridized carbons (Fsp3) is 0.750. The Kier molecular flexibility index (Phi) is 0.648. The molecular weight excluding hydrogens is 80.0 g/mol. The van der Waals surface area contributed by atoms with Gasteiger partial charge in [0.25, 0.3) is 0 Å². The van der Waals surface area contributed by atoms with E-state index in [1.54, 1.807) is 0 Å². The Morgan fingerprint density at radius 2 is 2.00 bits per heavy atom. The van der Waals surface area contributed by atoms with Gasteiger partial charge < -0.3 is 9.84 Å². The molecule has 0 unspecified atom stereocenters. The zero-order valence-corrected chi connectivity index (χ0v) is 3.48. The van der Waals surface area contributed by atoms with Crippen molar-refractivity contribution in [1.82, 2.24) is 0 Å². The second kappa shape index (κ2) is 0.950. The zero-order chi connectivity index (χ0) is 4.62. The standard InChI is InChI=1S/C4H7O2/c1-4(5)2-6-3-4/h5H,1-3H2. The number of rotatable bonds is 0. The fourth-order valence-electron chi connectivity index (χ4n) is 0.338. The predicted octanol–water partition coefficient (Wildman–Crippen LogP) is -0.418. The van der Waals surface area contributed by atoms with Gasteiger partial charge in [-0.3, -0.25) is 0 Å². The maximum absolute atomic E-state index is 8.68. The van der Waals surface area contributed by atoms with Crippen LogP contribution in [0, 0.1) is 6.92 Å². The van der Waals surface area contributed by atoms with Crippen LogP contribution in [0.25, 0.3) is 0 Å². The van der Waals surface area contributed by atoms with E-state index in [0.29, 0.717) is 13.2 Å². The fourth-order valence-corrected chi connectivity index (χ4v) is 0.338. The maximum atomic E-state index is 8.68. The van der Waals surface area contributed by atoms with Crippen molar-refractivity contribution in [2.24, 2.45) is 0 Å². The monoisotopic (exact) mass is 87.0 g/mol. The SMILES string of the molecule is [CH2]C1(O)COC1. The third kappa shape index (κ3) is 0.533. The molecule has 0 spiro atoms. The summed E-state index contributed by atoms with van der Waals surface area (Å²) in [4.78, 5) is 0. The second-order valence-electron chi connectivity index (χ2n) is 1.72. The van der Waals surface area contributed by atoms with Crippen LogP contribution in [0.5, 0.6) is 0 Å². The third-order valence-corrected chi connectivity index (χ3v) is 0.741. The van der Waals surface area contributed by atoms with Crippen LogP contribution in [0.2, 0.25) is 0 Å². The molecule has 0 aliphatic carbocycles. The van der Waals surface area contributed by atoms with Crippen molar-refractivity contribution in [1.29, 1.82) is 0 Å². The first-order valence-electron chi connectivity index (χ1n) is 1.86. The lowest BCUT2D eigenvalue weighted by Gasteiger charge is -2.31. The Balaban J connectivity index is 2.31. The van der Waals surface area contributed by atoms with Crippen LogP contribution in [-0.2, 0) is 4.74 Å². The topological polar surface area (TPSA) is 29.5 Å². The molecule has 6 heavy (non-hydrogen) atoms. The van der Waals surface area contributed by atoms with Crippen LogP contribution >= 0.6 is 0 Å². The first-order chi connectivity index (χ1) is 2.71. The summed E-state index contributed by atoms with van der Waals surface area (Å²) >= 11 is 0. The Morgan fingerprint density at radius 1 is 1.67 bits per heavy atom. The van der Waals surface area contributed by atoms with E-state index in [1.165, 1.54) is 0 Å². The van der Waals surface area contributed by atoms with Crippen molar-refractivity contribution in [3.8, 4) is 0 Å². The van der Waals surface area contributed by atoms with Crippen molar-refractivity contribution >= 4 is 0 Å². The highest BCUT2D eigenvalue weighted by molar-refractivity contribution is 4.86. The molecule has 0 aromatic heterocycles. The molecule has 1 heterocycles. The van der Waals surface area contributed by atoms with E-state index in [9.17, 15) is 0 Å². The van der Waals surface area contributed by atoms with Crippen LogP contribution in [0.1, 0.15) is 0 Å². The quantitative estimate of drug-likeness (QED) is 0.435. The molecule has 1 radical (unpaired) electrons. The van der Waals surface area contributed by atoms with Gasteiger partial charge in [0.1, 0.15) is 5.60 Å². The van der Waals surface area contributed by atoms with E-state index < -0.39 is 5.60 Å². The van der Waals surface area contributed by atoms with Crippen LogP contribution in [-0.4, -0.2) is 23.9 Å². The minimum Gasteiger partial charge on any atom is -0.385 e. The number of hydrogen-bond donors (Lipinski definition) is 1. The molecule has 1 N–H and O–H groups in total. The lowest BCUT2D eigenvalue weighted by atomic mass is 10.1. The highest BCUT2D eigenvalue weighted by Gasteiger charge is 2.29. The van der Waals surface area contributed by atoms with Gasteiger partial charge in [0.05, 0.1) is 13.2 Å². The van der Waals surface area contributed by atoms with Gasteiger partial charge in [-0.05, 0) is 6.92 Å². The van der Waals surface area contributed by atoms with E-state index in [0.717, 1.165) is 0 Å². The molecule has 2 nitrogen and oxygen atoms in total. The molecule has 0 amide bonds. The Bertz CT molecular complexity index is 52.6. The van der Waals surface area contributed by atoms with Crippen LogP contribution < -0.4 is 0 Å². The molecule has 1 fully saturated rings. The van der Waals surface area contributed by atoms with Crippen molar-refractivity contribution in [3.05, 3.63) is 6.92 Å². The number of ether oxygens (including phenoxy) is 1. The van der Waals surface area contributed by atoms with Crippen molar-refractivity contribution < 1.29 is 9.84 Å². The summed E-state index contributed by atoms with van der Waals surface area (Å²) in [5.74, 6) is 0. The smallest absolute Gasteiger partial charge is 0.111 e. The molecule has 1 aliphatic heterocycles. The molecule has 0 aromatic rings. The van der Waals surface area contributed by atoms with Gasteiger partial charge in [0.2, 0.25) is 0 Å². The van der Waals surface area contributed by atoms with Gasteiger partial charge in [-0.25, -0.2) is 0 Å². The average molecular weight is 87.1 g/mol.